The summed E-state index contributed by atoms with van der Waals surface area (Å²) in [6.07, 6.45) is 0.104. The SMILES string of the molecule is CCc1cccc(OC[C@@H](O)CNC(C)(C)Cc2ccc(S(N)(=O)=O)cc2F)c1C#N. The molecule has 1 atom stereocenters. The van der Waals surface area contributed by atoms with Crippen LogP contribution >= 0.6 is 0 Å². The molecule has 0 aliphatic carbocycles. The Bertz CT molecular complexity index is 1060. The highest BCUT2D eigenvalue weighted by Gasteiger charge is 2.22. The number of β-amino-alcohol motifs (C(OH)–C–C–N with tert-alkyl or cyclic N) is 1. The normalized spacial score (nSPS) is 12.9. The third-order valence-electron chi connectivity index (χ3n) is 4.84. The zero-order valence-electron chi connectivity index (χ0n) is 17.9. The standard InChI is InChI=1S/C22H28FN3O4S/c1-4-15-6-5-7-21(19(15)12-24)30-14-17(27)13-26-22(2,3)11-16-8-9-18(10-20(16)23)31(25,28)29/h5-10,17,26-27H,4,11,13-14H2,1-3H3,(H2,25,28,29)/t17-/m0/s1. The van der Waals surface area contributed by atoms with E-state index in [0.29, 0.717) is 23.3 Å². The minimum absolute atomic E-state index is 0.0116. The quantitative estimate of drug-likeness (QED) is 0.511. The third-order valence-corrected chi connectivity index (χ3v) is 5.75. The van der Waals surface area contributed by atoms with E-state index in [2.05, 4.69) is 11.4 Å². The van der Waals surface area contributed by atoms with Gasteiger partial charge in [-0.3, -0.25) is 0 Å². The van der Waals surface area contributed by atoms with Crippen molar-refractivity contribution in [2.24, 2.45) is 5.14 Å². The number of nitrogens with one attached hydrogen (secondary N) is 1. The van der Waals surface area contributed by atoms with E-state index >= 15 is 0 Å². The molecular formula is C22H28FN3O4S. The van der Waals surface area contributed by atoms with Gasteiger partial charge < -0.3 is 15.2 Å². The summed E-state index contributed by atoms with van der Waals surface area (Å²) in [5.41, 5.74) is 1.07. The number of nitriles is 1. The molecule has 0 saturated heterocycles. The molecule has 0 radical (unpaired) electrons. The van der Waals surface area contributed by atoms with Crippen LogP contribution in [0.4, 0.5) is 4.39 Å². The van der Waals surface area contributed by atoms with Crippen molar-refractivity contribution in [1.82, 2.24) is 5.32 Å². The number of rotatable bonds is 10. The second kappa shape index (κ2) is 10.2. The zero-order chi connectivity index (χ0) is 23.2. The van der Waals surface area contributed by atoms with Crippen molar-refractivity contribution in [3.63, 3.8) is 0 Å². The number of nitrogens with zero attached hydrogens (tertiary/aromatic N) is 1. The molecule has 0 fully saturated rings. The van der Waals surface area contributed by atoms with Crippen LogP contribution in [0, 0.1) is 17.1 Å². The number of aryl methyl sites for hydroxylation is 1. The Balaban J connectivity index is 1.94. The first-order valence-electron chi connectivity index (χ1n) is 9.86. The van der Waals surface area contributed by atoms with Crippen molar-refractivity contribution in [2.45, 2.75) is 50.2 Å². The first kappa shape index (κ1) is 24.8. The maximum atomic E-state index is 14.3. The molecule has 0 aliphatic heterocycles. The summed E-state index contributed by atoms with van der Waals surface area (Å²) in [7, 11) is -3.97. The van der Waals surface area contributed by atoms with Crippen molar-refractivity contribution < 1.29 is 22.7 Å². The number of hydrogen-bond acceptors (Lipinski definition) is 6. The summed E-state index contributed by atoms with van der Waals surface area (Å²) >= 11 is 0. The van der Waals surface area contributed by atoms with Gasteiger partial charge in [0, 0.05) is 12.1 Å². The summed E-state index contributed by atoms with van der Waals surface area (Å²) in [5, 5.41) is 27.8. The molecule has 0 aliphatic rings. The van der Waals surface area contributed by atoms with E-state index < -0.39 is 27.5 Å². The van der Waals surface area contributed by atoms with Crippen LogP contribution in [0.5, 0.6) is 5.75 Å². The number of ether oxygens (including phenoxy) is 1. The lowest BCUT2D eigenvalue weighted by atomic mass is 9.94. The van der Waals surface area contributed by atoms with Gasteiger partial charge in [-0.25, -0.2) is 17.9 Å². The minimum atomic E-state index is -3.97. The summed E-state index contributed by atoms with van der Waals surface area (Å²) in [5.74, 6) is -0.234. The Morgan fingerprint density at radius 3 is 2.58 bits per heavy atom. The van der Waals surface area contributed by atoms with E-state index in [9.17, 15) is 23.2 Å². The zero-order valence-corrected chi connectivity index (χ0v) is 18.7. The van der Waals surface area contributed by atoms with Gasteiger partial charge in [0.15, 0.2) is 0 Å². The van der Waals surface area contributed by atoms with Gasteiger partial charge in [-0.2, -0.15) is 5.26 Å². The molecule has 0 aromatic heterocycles. The molecule has 9 heteroatoms. The number of aliphatic hydroxyl groups excluding tert-OH is 1. The Morgan fingerprint density at radius 1 is 1.29 bits per heavy atom. The van der Waals surface area contributed by atoms with E-state index in [1.807, 2.05) is 26.8 Å². The smallest absolute Gasteiger partial charge is 0.238 e. The van der Waals surface area contributed by atoms with Crippen LogP contribution in [0.15, 0.2) is 41.3 Å². The molecule has 0 spiro atoms. The Hall–Kier alpha value is -2.51. The van der Waals surface area contributed by atoms with Crippen molar-refractivity contribution in [3.05, 3.63) is 58.9 Å². The van der Waals surface area contributed by atoms with Crippen LogP contribution in [0.3, 0.4) is 0 Å². The predicted molar refractivity (Wildman–Crippen MR) is 116 cm³/mol. The average Bonchev–Trinajstić information content (AvgIpc) is 2.70. The lowest BCUT2D eigenvalue weighted by Crippen LogP contribution is -2.46. The monoisotopic (exact) mass is 449 g/mol. The maximum absolute atomic E-state index is 14.3. The highest BCUT2D eigenvalue weighted by molar-refractivity contribution is 7.89. The predicted octanol–water partition coefficient (Wildman–Crippen LogP) is 2.26. The molecule has 2 aromatic rings. The summed E-state index contributed by atoms with van der Waals surface area (Å²) in [6, 6.07) is 11.1. The van der Waals surface area contributed by atoms with Crippen LogP contribution in [0.2, 0.25) is 0 Å². The number of halogens is 1. The van der Waals surface area contributed by atoms with Gasteiger partial charge in [-0.05, 0) is 56.0 Å². The fourth-order valence-electron chi connectivity index (χ4n) is 3.14. The summed E-state index contributed by atoms with van der Waals surface area (Å²) in [4.78, 5) is -0.282. The highest BCUT2D eigenvalue weighted by atomic mass is 32.2. The van der Waals surface area contributed by atoms with E-state index in [1.54, 1.807) is 12.1 Å². The topological polar surface area (TPSA) is 125 Å². The minimum Gasteiger partial charge on any atom is -0.489 e. The number of nitrogens with two attached hydrogens (primary N) is 1. The summed E-state index contributed by atoms with van der Waals surface area (Å²) in [6.45, 7) is 5.80. The van der Waals surface area contributed by atoms with E-state index in [4.69, 9.17) is 9.88 Å². The van der Waals surface area contributed by atoms with Crippen LogP contribution in [-0.2, 0) is 22.9 Å². The first-order valence-corrected chi connectivity index (χ1v) is 11.4. The molecule has 0 heterocycles. The lowest BCUT2D eigenvalue weighted by Gasteiger charge is -2.28. The Kier molecular flexibility index (Phi) is 8.14. The lowest BCUT2D eigenvalue weighted by molar-refractivity contribution is 0.0986. The van der Waals surface area contributed by atoms with Gasteiger partial charge >= 0.3 is 0 Å². The molecule has 0 unspecified atom stereocenters. The second-order valence-corrected chi connectivity index (χ2v) is 9.52. The molecule has 168 valence electrons. The number of hydrogen-bond donors (Lipinski definition) is 3. The van der Waals surface area contributed by atoms with Gasteiger partial charge in [-0.15, -0.1) is 0 Å². The summed E-state index contributed by atoms with van der Waals surface area (Å²) < 4.78 is 42.6. The maximum Gasteiger partial charge on any atom is 0.238 e. The molecule has 0 bridgehead atoms. The van der Waals surface area contributed by atoms with E-state index in [1.165, 1.54) is 12.1 Å². The molecule has 2 rings (SSSR count). The molecule has 4 N–H and O–H groups in total. The van der Waals surface area contributed by atoms with Gasteiger partial charge in [-0.1, -0.05) is 25.1 Å². The third kappa shape index (κ3) is 7.01. The second-order valence-electron chi connectivity index (χ2n) is 7.96. The molecule has 0 amide bonds. The molecule has 31 heavy (non-hydrogen) atoms. The van der Waals surface area contributed by atoms with Crippen molar-refractivity contribution >= 4 is 10.0 Å². The highest BCUT2D eigenvalue weighted by Crippen LogP contribution is 2.22. The molecule has 7 nitrogen and oxygen atoms in total. The van der Waals surface area contributed by atoms with Crippen LogP contribution < -0.4 is 15.2 Å². The van der Waals surface area contributed by atoms with Crippen LogP contribution in [-0.4, -0.2) is 38.3 Å². The van der Waals surface area contributed by atoms with Gasteiger partial charge in [0.05, 0.1) is 10.5 Å². The molecular weight excluding hydrogens is 421 g/mol. The van der Waals surface area contributed by atoms with Crippen LogP contribution in [0.1, 0.15) is 37.5 Å². The molecule has 0 saturated carbocycles. The van der Waals surface area contributed by atoms with Gasteiger partial charge in [0.1, 0.15) is 30.3 Å². The van der Waals surface area contributed by atoms with Gasteiger partial charge in [0.2, 0.25) is 10.0 Å². The van der Waals surface area contributed by atoms with Crippen molar-refractivity contribution in [1.29, 1.82) is 5.26 Å². The van der Waals surface area contributed by atoms with Crippen molar-refractivity contribution in [3.8, 4) is 11.8 Å². The van der Waals surface area contributed by atoms with Gasteiger partial charge in [0.25, 0.3) is 0 Å². The number of benzene rings is 2. The largest absolute Gasteiger partial charge is 0.489 e. The number of primary sulfonamides is 1. The average molecular weight is 450 g/mol. The number of aliphatic hydroxyl groups is 1. The van der Waals surface area contributed by atoms with Crippen molar-refractivity contribution in [2.75, 3.05) is 13.2 Å². The fraction of sp³-hybridized carbons (Fsp3) is 0.409. The Morgan fingerprint density at radius 2 is 2.00 bits per heavy atom. The van der Waals surface area contributed by atoms with Crippen LogP contribution in [0.25, 0.3) is 0 Å². The number of sulfonamides is 1. The van der Waals surface area contributed by atoms with E-state index in [-0.39, 0.29) is 24.5 Å². The Labute approximate surface area is 182 Å². The molecule has 2 aromatic carbocycles. The van der Waals surface area contributed by atoms with E-state index in [0.717, 1.165) is 11.6 Å². The first-order chi connectivity index (χ1) is 14.5. The fourth-order valence-corrected chi connectivity index (χ4v) is 3.67.